The van der Waals surface area contributed by atoms with Gasteiger partial charge in [0.25, 0.3) is 0 Å². The van der Waals surface area contributed by atoms with Crippen molar-refractivity contribution in [2.75, 3.05) is 14.2 Å². The first kappa shape index (κ1) is 19.7. The van der Waals surface area contributed by atoms with Crippen LogP contribution in [0.1, 0.15) is 36.3 Å². The van der Waals surface area contributed by atoms with Crippen LogP contribution in [0, 0.1) is 11.3 Å². The van der Waals surface area contributed by atoms with E-state index in [0.717, 1.165) is 58.8 Å². The lowest BCUT2D eigenvalue weighted by Crippen LogP contribution is -2.23. The summed E-state index contributed by atoms with van der Waals surface area (Å²) in [4.78, 5) is 0. The molecule has 30 heavy (non-hydrogen) atoms. The second-order valence-corrected chi connectivity index (χ2v) is 7.36. The normalized spacial score (nSPS) is 19.8. The van der Waals surface area contributed by atoms with Crippen molar-refractivity contribution >= 4 is 6.08 Å². The highest BCUT2D eigenvalue weighted by molar-refractivity contribution is 5.63. The number of benzene rings is 2. The number of nitriles is 1. The Morgan fingerprint density at radius 3 is 2.53 bits per heavy atom. The van der Waals surface area contributed by atoms with E-state index < -0.39 is 0 Å². The molecule has 0 bridgehead atoms. The van der Waals surface area contributed by atoms with Crippen LogP contribution in [0.4, 0.5) is 0 Å². The highest BCUT2D eigenvalue weighted by Crippen LogP contribution is 2.47. The Hall–Kier alpha value is -3.65. The van der Waals surface area contributed by atoms with E-state index in [9.17, 15) is 5.26 Å². The van der Waals surface area contributed by atoms with Crippen LogP contribution in [0.5, 0.6) is 11.5 Å². The van der Waals surface area contributed by atoms with Crippen molar-refractivity contribution in [3.8, 4) is 17.6 Å². The summed E-state index contributed by atoms with van der Waals surface area (Å²) in [7, 11) is 3.30. The van der Waals surface area contributed by atoms with Gasteiger partial charge in [0.1, 0.15) is 28.9 Å². The minimum atomic E-state index is -0.233. The third kappa shape index (κ3) is 3.65. The smallest absolute Gasteiger partial charge is 0.205 e. The van der Waals surface area contributed by atoms with Gasteiger partial charge in [-0.2, -0.15) is 5.26 Å². The van der Waals surface area contributed by atoms with Gasteiger partial charge in [-0.05, 0) is 71.9 Å². The molecule has 4 rings (SSSR count). The minimum Gasteiger partial charge on any atom is -0.497 e. The Kier molecular flexibility index (Phi) is 5.49. The molecule has 5 heteroatoms. The first-order valence-corrected chi connectivity index (χ1v) is 9.94. The predicted molar refractivity (Wildman–Crippen MR) is 115 cm³/mol. The summed E-state index contributed by atoms with van der Waals surface area (Å²) in [6.45, 7) is 0. The van der Waals surface area contributed by atoms with Gasteiger partial charge < -0.3 is 19.9 Å². The lowest BCUT2D eigenvalue weighted by Gasteiger charge is -2.33. The number of nitrogens with zero attached hydrogens (tertiary/aromatic N) is 1. The van der Waals surface area contributed by atoms with E-state index in [1.807, 2.05) is 48.5 Å². The molecule has 1 atom stereocenters. The van der Waals surface area contributed by atoms with E-state index in [2.05, 4.69) is 12.1 Å². The van der Waals surface area contributed by atoms with E-state index in [0.29, 0.717) is 5.57 Å². The maximum Gasteiger partial charge on any atom is 0.205 e. The molecule has 0 radical (unpaired) electrons. The Morgan fingerprint density at radius 2 is 1.80 bits per heavy atom. The zero-order chi connectivity index (χ0) is 21.1. The van der Waals surface area contributed by atoms with Crippen molar-refractivity contribution in [1.82, 2.24) is 0 Å². The molecule has 0 saturated heterocycles. The van der Waals surface area contributed by atoms with Gasteiger partial charge in [0.15, 0.2) is 0 Å². The van der Waals surface area contributed by atoms with Gasteiger partial charge in [0, 0.05) is 5.92 Å². The second kappa shape index (κ2) is 8.38. The number of rotatable bonds is 4. The number of methoxy groups -OCH3 is 2. The van der Waals surface area contributed by atoms with Crippen LogP contribution >= 0.6 is 0 Å². The van der Waals surface area contributed by atoms with Crippen molar-refractivity contribution in [1.29, 1.82) is 5.26 Å². The molecule has 2 aromatic rings. The minimum absolute atomic E-state index is 0.169. The van der Waals surface area contributed by atoms with Gasteiger partial charge in [-0.3, -0.25) is 0 Å². The molecule has 5 nitrogen and oxygen atoms in total. The number of allylic oxidation sites excluding steroid dienone is 3. The fraction of sp³-hybridized carbons (Fsp3) is 0.240. The molecule has 1 aliphatic heterocycles. The van der Waals surface area contributed by atoms with E-state index in [1.54, 1.807) is 14.2 Å². The van der Waals surface area contributed by atoms with E-state index >= 15 is 0 Å². The van der Waals surface area contributed by atoms with Gasteiger partial charge in [0.05, 0.1) is 14.2 Å². The molecule has 2 aromatic carbocycles. The number of nitrogens with two attached hydrogens (primary N) is 1. The van der Waals surface area contributed by atoms with Crippen molar-refractivity contribution in [3.05, 3.63) is 88.0 Å². The molecule has 2 N–H and O–H groups in total. The molecule has 0 saturated carbocycles. The zero-order valence-electron chi connectivity index (χ0n) is 17.1. The Bertz CT molecular complexity index is 1110. The van der Waals surface area contributed by atoms with E-state index in [1.165, 1.54) is 0 Å². The average molecular weight is 400 g/mol. The van der Waals surface area contributed by atoms with Crippen LogP contribution < -0.4 is 15.2 Å². The monoisotopic (exact) mass is 400 g/mol. The third-order valence-electron chi connectivity index (χ3n) is 5.57. The van der Waals surface area contributed by atoms with Crippen LogP contribution in [-0.4, -0.2) is 14.2 Å². The summed E-state index contributed by atoms with van der Waals surface area (Å²) in [5.74, 6) is 2.28. The summed E-state index contributed by atoms with van der Waals surface area (Å²) < 4.78 is 16.8. The zero-order valence-corrected chi connectivity index (χ0v) is 17.1. The molecule has 2 aliphatic rings. The lowest BCUT2D eigenvalue weighted by atomic mass is 9.77. The highest BCUT2D eigenvalue weighted by atomic mass is 16.5. The summed E-state index contributed by atoms with van der Waals surface area (Å²) in [5.41, 5.74) is 10.9. The van der Waals surface area contributed by atoms with Gasteiger partial charge in [-0.25, -0.2) is 0 Å². The molecular formula is C25H24N2O3. The lowest BCUT2D eigenvalue weighted by molar-refractivity contribution is 0.277. The Labute approximate surface area is 176 Å². The maximum atomic E-state index is 9.82. The summed E-state index contributed by atoms with van der Waals surface area (Å²) in [5, 5.41) is 9.82. The van der Waals surface area contributed by atoms with Crippen molar-refractivity contribution in [3.63, 3.8) is 0 Å². The first-order chi connectivity index (χ1) is 14.6. The molecule has 1 aliphatic carbocycles. The number of hydrogen-bond donors (Lipinski definition) is 1. The topological polar surface area (TPSA) is 77.5 Å². The molecule has 0 aromatic heterocycles. The van der Waals surface area contributed by atoms with Gasteiger partial charge in [0.2, 0.25) is 5.88 Å². The predicted octanol–water partition coefficient (Wildman–Crippen LogP) is 5.03. The van der Waals surface area contributed by atoms with Crippen LogP contribution in [0.3, 0.4) is 0 Å². The quantitative estimate of drug-likeness (QED) is 0.778. The molecule has 0 unspecified atom stereocenters. The van der Waals surface area contributed by atoms with Crippen molar-refractivity contribution < 1.29 is 14.2 Å². The van der Waals surface area contributed by atoms with Gasteiger partial charge >= 0.3 is 0 Å². The van der Waals surface area contributed by atoms with Crippen LogP contribution in [0.15, 0.2) is 76.9 Å². The Balaban J connectivity index is 1.82. The van der Waals surface area contributed by atoms with E-state index in [4.69, 9.17) is 19.9 Å². The maximum absolute atomic E-state index is 9.82. The van der Waals surface area contributed by atoms with E-state index in [-0.39, 0.29) is 11.8 Å². The SMILES string of the molecule is COc1cccc(/C=C2/CCCC3=C2OC(N)=C(C#N)[C@H]3c2cccc(OC)c2)c1. The summed E-state index contributed by atoms with van der Waals surface area (Å²) >= 11 is 0. The van der Waals surface area contributed by atoms with Gasteiger partial charge in [-0.1, -0.05) is 24.3 Å². The second-order valence-electron chi connectivity index (χ2n) is 7.36. The molecule has 0 spiro atoms. The summed E-state index contributed by atoms with van der Waals surface area (Å²) in [6.07, 6.45) is 4.84. The largest absolute Gasteiger partial charge is 0.497 e. The molecular weight excluding hydrogens is 376 g/mol. The van der Waals surface area contributed by atoms with Gasteiger partial charge in [-0.15, -0.1) is 0 Å². The standard InChI is InChI=1S/C25H24N2O3/c1-28-19-9-3-6-16(13-19)12-18-8-5-11-21-23(17-7-4-10-20(14-17)29-2)22(15-26)25(27)30-24(18)21/h3-4,6-7,9-10,12-14,23H,5,8,11,27H2,1-2H3/b18-12-/t23-/m0/s1. The van der Waals surface area contributed by atoms with Crippen LogP contribution in [-0.2, 0) is 4.74 Å². The molecule has 152 valence electrons. The number of ether oxygens (including phenoxy) is 3. The fourth-order valence-electron chi connectivity index (χ4n) is 4.17. The fourth-order valence-corrected chi connectivity index (χ4v) is 4.17. The highest BCUT2D eigenvalue weighted by Gasteiger charge is 2.35. The molecule has 0 fully saturated rings. The Morgan fingerprint density at radius 1 is 1.07 bits per heavy atom. The van der Waals surface area contributed by atoms with Crippen molar-refractivity contribution in [2.45, 2.75) is 25.2 Å². The summed E-state index contributed by atoms with van der Waals surface area (Å²) in [6, 6.07) is 18.0. The van der Waals surface area contributed by atoms with Crippen LogP contribution in [0.25, 0.3) is 6.08 Å². The molecule has 0 amide bonds. The third-order valence-corrected chi connectivity index (χ3v) is 5.57. The average Bonchev–Trinajstić information content (AvgIpc) is 2.78. The van der Waals surface area contributed by atoms with Crippen molar-refractivity contribution in [2.24, 2.45) is 5.73 Å². The molecule has 1 heterocycles. The first-order valence-electron chi connectivity index (χ1n) is 9.94. The van der Waals surface area contributed by atoms with Crippen LogP contribution in [0.2, 0.25) is 0 Å². The number of hydrogen-bond acceptors (Lipinski definition) is 5.